The first kappa shape index (κ1) is 20.8. The first-order valence-electron chi connectivity index (χ1n) is 3.89. The molecule has 0 aromatic heterocycles. The van der Waals surface area contributed by atoms with E-state index >= 15 is 0 Å². The zero-order valence-corrected chi connectivity index (χ0v) is 14.0. The van der Waals surface area contributed by atoms with E-state index in [9.17, 15) is 0 Å². The zero-order chi connectivity index (χ0) is 9.84. The van der Waals surface area contributed by atoms with Crippen LogP contribution in [-0.2, 0) is 19.5 Å². The Balaban J connectivity index is -0.000000563. The van der Waals surface area contributed by atoms with Crippen LogP contribution in [0.4, 0.5) is 11.4 Å². The number of nitrogens with zero attached hydrogens (tertiary/aromatic N) is 3. The molecule has 86 valence electrons. The first-order valence-corrected chi connectivity index (χ1v) is 3.89. The predicted molar refractivity (Wildman–Crippen MR) is 59.3 cm³/mol. The molecular formula is C9H13Cl2N3OZn. The van der Waals surface area contributed by atoms with Crippen LogP contribution >= 0.6 is 12.4 Å². The fraction of sp³-hybridized carbons (Fsp3) is 0.333. The van der Waals surface area contributed by atoms with Gasteiger partial charge in [-0.1, -0.05) is 0 Å². The molecule has 1 aromatic rings. The Hall–Kier alpha value is -0.557. The molecule has 0 aliphatic carbocycles. The van der Waals surface area contributed by atoms with Crippen LogP contribution in [0, 0.1) is 5.39 Å². The van der Waals surface area contributed by atoms with Gasteiger partial charge in [-0.05, 0) is 12.1 Å². The zero-order valence-electron chi connectivity index (χ0n) is 9.48. The van der Waals surface area contributed by atoms with Crippen LogP contribution in [0.2, 0.25) is 0 Å². The largest absolute Gasteiger partial charge is 1.00 e. The van der Waals surface area contributed by atoms with Crippen molar-refractivity contribution in [2.45, 2.75) is 0 Å². The fourth-order valence-electron chi connectivity index (χ4n) is 1.03. The van der Waals surface area contributed by atoms with Crippen LogP contribution < -0.4 is 22.0 Å². The Morgan fingerprint density at radius 2 is 1.88 bits per heavy atom. The molecule has 1 rings (SSSR count). The van der Waals surface area contributed by atoms with Crippen LogP contribution in [0.1, 0.15) is 0 Å². The molecule has 0 heterocycles. The van der Waals surface area contributed by atoms with Crippen molar-refractivity contribution in [2.75, 3.05) is 26.1 Å². The van der Waals surface area contributed by atoms with E-state index < -0.39 is 0 Å². The van der Waals surface area contributed by atoms with Crippen LogP contribution in [0.25, 0.3) is 4.98 Å². The van der Waals surface area contributed by atoms with Gasteiger partial charge in [0.1, 0.15) is 0 Å². The van der Waals surface area contributed by atoms with Gasteiger partial charge in [-0.25, -0.2) is 0 Å². The minimum atomic E-state index is 0. The second kappa shape index (κ2) is 9.65. The van der Waals surface area contributed by atoms with Crippen molar-refractivity contribution >= 4 is 23.8 Å². The molecule has 0 radical (unpaired) electrons. The maximum atomic E-state index is 8.68. The Morgan fingerprint density at radius 3 is 2.25 bits per heavy atom. The van der Waals surface area contributed by atoms with Crippen LogP contribution in [0.5, 0.6) is 5.75 Å². The molecular weight excluding hydrogens is 302 g/mol. The molecule has 1 aromatic carbocycles. The summed E-state index contributed by atoms with van der Waals surface area (Å²) in [5.74, 6) is 0.563. The minimum absolute atomic E-state index is 0. The number of hydrogen-bond donors (Lipinski definition) is 0. The van der Waals surface area contributed by atoms with Crippen molar-refractivity contribution in [1.29, 1.82) is 5.39 Å². The van der Waals surface area contributed by atoms with Crippen molar-refractivity contribution < 1.29 is 36.6 Å². The molecule has 0 spiro atoms. The van der Waals surface area contributed by atoms with E-state index in [1.807, 2.05) is 25.1 Å². The molecule has 0 aliphatic heterocycles. The van der Waals surface area contributed by atoms with Crippen molar-refractivity contribution in [3.63, 3.8) is 0 Å². The summed E-state index contributed by atoms with van der Waals surface area (Å²) in [4.78, 5) is 5.06. The summed E-state index contributed by atoms with van der Waals surface area (Å²) in [5, 5.41) is 8.68. The van der Waals surface area contributed by atoms with Crippen molar-refractivity contribution in [3.05, 3.63) is 23.2 Å². The average molecular weight is 316 g/mol. The van der Waals surface area contributed by atoms with Gasteiger partial charge in [0, 0.05) is 39.3 Å². The number of benzene rings is 1. The maximum Gasteiger partial charge on any atom is 0.428 e. The van der Waals surface area contributed by atoms with E-state index in [-0.39, 0.29) is 44.3 Å². The van der Waals surface area contributed by atoms with E-state index in [1.165, 1.54) is 0 Å². The summed E-state index contributed by atoms with van der Waals surface area (Å²) in [7, 11) is 5.38. The standard InChI is InChI=1S/C9H12N3O.2ClH.Zn/c1-12(2)7-4-5-9(13-3)8(6-7)11-10;;;/h4-6H,1-3H3;2*1H;/q+1;;;/p-1. The predicted octanol–water partition coefficient (Wildman–Crippen LogP) is -0.331. The van der Waals surface area contributed by atoms with Gasteiger partial charge >= 0.3 is 5.69 Å². The van der Waals surface area contributed by atoms with Gasteiger partial charge in [-0.15, -0.1) is 12.4 Å². The monoisotopic (exact) mass is 313 g/mol. The molecule has 0 amide bonds. The molecule has 4 nitrogen and oxygen atoms in total. The Labute approximate surface area is 121 Å². The van der Waals surface area contributed by atoms with E-state index in [1.54, 1.807) is 19.2 Å². The van der Waals surface area contributed by atoms with Crippen molar-refractivity contribution in [2.24, 2.45) is 0 Å². The van der Waals surface area contributed by atoms with Gasteiger partial charge in [0.05, 0.1) is 13.2 Å². The van der Waals surface area contributed by atoms with Crippen molar-refractivity contribution in [3.8, 4) is 5.75 Å². The normalized spacial score (nSPS) is 7.38. The topological polar surface area (TPSA) is 40.6 Å². The molecule has 0 saturated heterocycles. The molecule has 16 heavy (non-hydrogen) atoms. The average Bonchev–Trinajstić information content (AvgIpc) is 2.16. The summed E-state index contributed by atoms with van der Waals surface area (Å²) in [6.07, 6.45) is 0. The number of halogens is 2. The summed E-state index contributed by atoms with van der Waals surface area (Å²) >= 11 is 0. The van der Waals surface area contributed by atoms with Gasteiger partial charge < -0.3 is 22.0 Å². The molecule has 0 unspecified atom stereocenters. The van der Waals surface area contributed by atoms with E-state index in [0.717, 1.165) is 5.69 Å². The second-order valence-electron chi connectivity index (χ2n) is 2.85. The van der Waals surface area contributed by atoms with E-state index in [4.69, 9.17) is 10.1 Å². The number of anilines is 1. The summed E-state index contributed by atoms with van der Waals surface area (Å²) in [6, 6.07) is 5.41. The van der Waals surface area contributed by atoms with Gasteiger partial charge in [-0.3, -0.25) is 0 Å². The Bertz CT molecular complexity index is 355. The maximum absolute atomic E-state index is 8.68. The van der Waals surface area contributed by atoms with Gasteiger partial charge in [0.25, 0.3) is 0 Å². The summed E-state index contributed by atoms with van der Waals surface area (Å²) in [5.41, 5.74) is 1.40. The minimum Gasteiger partial charge on any atom is -1.00 e. The summed E-state index contributed by atoms with van der Waals surface area (Å²) < 4.78 is 5.00. The van der Waals surface area contributed by atoms with E-state index in [2.05, 4.69) is 4.98 Å². The van der Waals surface area contributed by atoms with Gasteiger partial charge in [0.2, 0.25) is 11.1 Å². The third-order valence-corrected chi connectivity index (χ3v) is 1.79. The molecule has 0 fully saturated rings. The number of rotatable bonds is 2. The quantitative estimate of drug-likeness (QED) is 0.554. The number of methoxy groups -OCH3 is 1. The van der Waals surface area contributed by atoms with Crippen LogP contribution in [0.15, 0.2) is 18.2 Å². The van der Waals surface area contributed by atoms with Crippen molar-refractivity contribution in [1.82, 2.24) is 0 Å². The Kier molecular flexibility index (Phi) is 12.6. The first-order chi connectivity index (χ1) is 6.19. The second-order valence-corrected chi connectivity index (χ2v) is 2.85. The molecule has 0 aliphatic rings. The smallest absolute Gasteiger partial charge is 0.428 e. The molecule has 0 saturated carbocycles. The van der Waals surface area contributed by atoms with E-state index in [0.29, 0.717) is 11.4 Å². The number of diazo groups is 1. The SMILES string of the molecule is COc1ccc(N(C)C)cc1[N+]#N.Cl.[Cl-].[Zn]. The summed E-state index contributed by atoms with van der Waals surface area (Å²) in [6.45, 7) is 0. The third kappa shape index (κ3) is 4.98. The molecule has 0 atom stereocenters. The molecule has 0 N–H and O–H groups in total. The van der Waals surface area contributed by atoms with Crippen LogP contribution in [0.3, 0.4) is 0 Å². The molecule has 7 heteroatoms. The van der Waals surface area contributed by atoms with Crippen LogP contribution in [-0.4, -0.2) is 21.2 Å². The fourth-order valence-corrected chi connectivity index (χ4v) is 1.03. The number of hydrogen-bond acceptors (Lipinski definition) is 3. The number of ether oxygens (including phenoxy) is 1. The third-order valence-electron chi connectivity index (χ3n) is 1.79. The van der Waals surface area contributed by atoms with Gasteiger partial charge in [0.15, 0.2) is 4.98 Å². The Morgan fingerprint density at radius 1 is 1.31 bits per heavy atom. The van der Waals surface area contributed by atoms with Gasteiger partial charge in [-0.2, -0.15) is 0 Å². The molecule has 0 bridgehead atoms.